The maximum atomic E-state index is 12.7. The van der Waals surface area contributed by atoms with Crippen LogP contribution in [0.25, 0.3) is 0 Å². The summed E-state index contributed by atoms with van der Waals surface area (Å²) in [7, 11) is 1.79. The summed E-state index contributed by atoms with van der Waals surface area (Å²) in [6.45, 7) is 0.609. The highest BCUT2D eigenvalue weighted by atomic mass is 19.1. The Balaban J connectivity index is 2.12. The van der Waals surface area contributed by atoms with Crippen molar-refractivity contribution in [2.24, 2.45) is 0 Å². The molecule has 16 heavy (non-hydrogen) atoms. The molecule has 0 aliphatic rings. The summed E-state index contributed by atoms with van der Waals surface area (Å²) < 4.78 is 12.7. The molecule has 0 aliphatic carbocycles. The Bertz CT molecular complexity index is 461. The Morgan fingerprint density at radius 2 is 2.00 bits per heavy atom. The lowest BCUT2D eigenvalue weighted by Gasteiger charge is -2.15. The van der Waals surface area contributed by atoms with Gasteiger partial charge in [0.15, 0.2) is 0 Å². The van der Waals surface area contributed by atoms with Crippen LogP contribution in [0.3, 0.4) is 0 Å². The third kappa shape index (κ3) is 2.50. The van der Waals surface area contributed by atoms with Gasteiger partial charge in [-0.3, -0.25) is 0 Å². The summed E-state index contributed by atoms with van der Waals surface area (Å²) in [6.07, 6.45) is 1.40. The van der Waals surface area contributed by atoms with Gasteiger partial charge in [-0.1, -0.05) is 30.3 Å². The fourth-order valence-electron chi connectivity index (χ4n) is 1.34. The third-order valence-corrected chi connectivity index (χ3v) is 2.09. The highest BCUT2D eigenvalue weighted by Gasteiger charge is 2.06. The molecule has 81 valence electrons. The maximum absolute atomic E-state index is 12.7. The van der Waals surface area contributed by atoms with Gasteiger partial charge in [0, 0.05) is 13.6 Å². The van der Waals surface area contributed by atoms with Crippen molar-refractivity contribution in [1.82, 2.24) is 15.0 Å². The highest BCUT2D eigenvalue weighted by molar-refractivity contribution is 5.29. The van der Waals surface area contributed by atoms with Crippen LogP contribution in [0.2, 0.25) is 0 Å². The Morgan fingerprint density at radius 3 is 2.69 bits per heavy atom. The highest BCUT2D eigenvalue weighted by Crippen LogP contribution is 2.08. The molecule has 1 aromatic carbocycles. The number of hydrogen-bond acceptors (Lipinski definition) is 4. The molecule has 4 nitrogen and oxygen atoms in total. The van der Waals surface area contributed by atoms with E-state index in [1.54, 1.807) is 11.9 Å². The van der Waals surface area contributed by atoms with Crippen molar-refractivity contribution < 1.29 is 4.39 Å². The molecule has 0 atom stereocenters. The molecule has 0 saturated carbocycles. The van der Waals surface area contributed by atoms with E-state index < -0.39 is 6.08 Å². The van der Waals surface area contributed by atoms with Crippen LogP contribution in [0, 0.1) is 12.4 Å². The van der Waals surface area contributed by atoms with Crippen LogP contribution < -0.4 is 4.90 Å². The van der Waals surface area contributed by atoms with Gasteiger partial charge in [0.2, 0.25) is 12.3 Å². The molecule has 1 heterocycles. The van der Waals surface area contributed by atoms with Gasteiger partial charge in [-0.25, -0.2) is 0 Å². The molecule has 0 unspecified atom stereocenters. The summed E-state index contributed by atoms with van der Waals surface area (Å²) in [6, 6.07) is 9.81. The molecule has 0 aliphatic heterocycles. The molecule has 0 bridgehead atoms. The third-order valence-electron chi connectivity index (χ3n) is 2.09. The van der Waals surface area contributed by atoms with Crippen LogP contribution >= 0.6 is 0 Å². The fraction of sp³-hybridized carbons (Fsp3) is 0.182. The van der Waals surface area contributed by atoms with Crippen molar-refractivity contribution in [1.29, 1.82) is 0 Å². The van der Waals surface area contributed by atoms with Gasteiger partial charge < -0.3 is 4.90 Å². The second-order valence-electron chi connectivity index (χ2n) is 3.35. The minimum Gasteiger partial charge on any atom is -0.339 e. The van der Waals surface area contributed by atoms with Crippen LogP contribution in [-0.2, 0) is 6.54 Å². The lowest BCUT2D eigenvalue weighted by Crippen LogP contribution is -2.19. The Kier molecular flexibility index (Phi) is 3.05. The molecule has 5 heteroatoms. The normalized spacial score (nSPS) is 10.1. The second-order valence-corrected chi connectivity index (χ2v) is 3.35. The van der Waals surface area contributed by atoms with E-state index in [4.69, 9.17) is 0 Å². The van der Waals surface area contributed by atoms with Crippen LogP contribution in [0.1, 0.15) is 5.56 Å². The molecule has 0 amide bonds. The van der Waals surface area contributed by atoms with Crippen LogP contribution in [0.4, 0.5) is 10.3 Å². The van der Waals surface area contributed by atoms with Crippen molar-refractivity contribution in [3.8, 4) is 0 Å². The van der Waals surface area contributed by atoms with Gasteiger partial charge in [-0.15, -0.1) is 0 Å². The van der Waals surface area contributed by atoms with Crippen molar-refractivity contribution in [3.63, 3.8) is 0 Å². The standard InChI is InChI=1S/C11H10FN4/c1-16(7-9-5-3-2-4-6-9)11-14-8-13-10(12)15-11/h2-6H,7H2,1H3. The van der Waals surface area contributed by atoms with Gasteiger partial charge in [-0.05, 0) is 5.56 Å². The molecule has 0 spiro atoms. The maximum Gasteiger partial charge on any atom is 0.314 e. The molecule has 0 saturated heterocycles. The average molecular weight is 217 g/mol. The SMILES string of the molecule is CN(Cc1ccccc1)c1n[c]nc(F)n1. The molecular formula is C11H10FN4. The predicted octanol–water partition coefficient (Wildman–Crippen LogP) is 1.45. The minimum absolute atomic E-state index is 0.274. The number of rotatable bonds is 3. The minimum atomic E-state index is -0.815. The van der Waals surface area contributed by atoms with Gasteiger partial charge in [0.25, 0.3) is 0 Å². The first-order chi connectivity index (χ1) is 7.75. The van der Waals surface area contributed by atoms with Crippen molar-refractivity contribution >= 4 is 5.95 Å². The van der Waals surface area contributed by atoms with Gasteiger partial charge in [-0.2, -0.15) is 19.3 Å². The molecule has 1 aromatic heterocycles. The topological polar surface area (TPSA) is 41.9 Å². The Labute approximate surface area is 92.8 Å². The molecule has 2 rings (SSSR count). The number of anilines is 1. The van der Waals surface area contributed by atoms with Gasteiger partial charge >= 0.3 is 6.08 Å². The monoisotopic (exact) mass is 217 g/mol. The fourth-order valence-corrected chi connectivity index (χ4v) is 1.34. The molecule has 0 N–H and O–H groups in total. The first-order valence-corrected chi connectivity index (χ1v) is 4.78. The second kappa shape index (κ2) is 4.65. The number of hydrogen-bond donors (Lipinski definition) is 0. The van der Waals surface area contributed by atoms with Gasteiger partial charge in [0.1, 0.15) is 0 Å². The Morgan fingerprint density at radius 1 is 1.25 bits per heavy atom. The predicted molar refractivity (Wildman–Crippen MR) is 57.2 cm³/mol. The van der Waals surface area contributed by atoms with E-state index in [9.17, 15) is 4.39 Å². The van der Waals surface area contributed by atoms with E-state index in [-0.39, 0.29) is 5.95 Å². The lowest BCUT2D eigenvalue weighted by atomic mass is 10.2. The first-order valence-electron chi connectivity index (χ1n) is 4.78. The quantitative estimate of drug-likeness (QED) is 0.780. The van der Waals surface area contributed by atoms with Crippen molar-refractivity contribution in [3.05, 3.63) is 48.3 Å². The number of halogens is 1. The van der Waals surface area contributed by atoms with Crippen molar-refractivity contribution in [2.45, 2.75) is 6.54 Å². The first kappa shape index (κ1) is 10.5. The molecule has 2 aromatic rings. The van der Waals surface area contributed by atoms with E-state index >= 15 is 0 Å². The van der Waals surface area contributed by atoms with Crippen LogP contribution in [-0.4, -0.2) is 22.0 Å². The van der Waals surface area contributed by atoms with E-state index in [0.29, 0.717) is 6.54 Å². The summed E-state index contributed by atoms with van der Waals surface area (Å²) in [4.78, 5) is 12.3. The summed E-state index contributed by atoms with van der Waals surface area (Å²) >= 11 is 0. The van der Waals surface area contributed by atoms with E-state index in [0.717, 1.165) is 5.56 Å². The van der Waals surface area contributed by atoms with E-state index in [1.165, 1.54) is 0 Å². The van der Waals surface area contributed by atoms with Crippen molar-refractivity contribution in [2.75, 3.05) is 11.9 Å². The summed E-state index contributed by atoms with van der Waals surface area (Å²) in [5.74, 6) is 0.274. The largest absolute Gasteiger partial charge is 0.339 e. The van der Waals surface area contributed by atoms with Gasteiger partial charge in [0.05, 0.1) is 0 Å². The smallest absolute Gasteiger partial charge is 0.314 e. The molecule has 1 radical (unpaired) electrons. The number of benzene rings is 1. The van der Waals surface area contributed by atoms with E-state index in [2.05, 4.69) is 21.3 Å². The Hall–Kier alpha value is -2.04. The zero-order chi connectivity index (χ0) is 11.4. The van der Waals surface area contributed by atoms with Crippen LogP contribution in [0.15, 0.2) is 30.3 Å². The number of aromatic nitrogens is 3. The zero-order valence-electron chi connectivity index (χ0n) is 8.76. The van der Waals surface area contributed by atoms with E-state index in [1.807, 2.05) is 30.3 Å². The zero-order valence-corrected chi connectivity index (χ0v) is 8.76. The lowest BCUT2D eigenvalue weighted by molar-refractivity contribution is 0.529. The molecule has 0 fully saturated rings. The van der Waals surface area contributed by atoms with Crippen LogP contribution in [0.5, 0.6) is 0 Å². The average Bonchev–Trinajstić information content (AvgIpc) is 2.30. The summed E-state index contributed by atoms with van der Waals surface area (Å²) in [5, 5.41) is 0. The number of nitrogens with zero attached hydrogens (tertiary/aromatic N) is 4. The molecular weight excluding hydrogens is 207 g/mol. The summed E-state index contributed by atoms with van der Waals surface area (Å²) in [5.41, 5.74) is 1.10.